The SMILES string of the molecule is CCNCc1nccc(-c2ccc3c(c2)CCCC3)n1. The fraction of sp³-hybridized carbons (Fsp3) is 0.412. The minimum atomic E-state index is 0.731. The van der Waals surface area contributed by atoms with E-state index in [1.54, 1.807) is 0 Å². The van der Waals surface area contributed by atoms with Crippen molar-refractivity contribution in [1.82, 2.24) is 15.3 Å². The molecule has 104 valence electrons. The number of aromatic nitrogens is 2. The van der Waals surface area contributed by atoms with E-state index < -0.39 is 0 Å². The number of fused-ring (bicyclic) bond motifs is 1. The molecule has 0 aliphatic heterocycles. The summed E-state index contributed by atoms with van der Waals surface area (Å²) in [6.07, 6.45) is 6.93. The Morgan fingerprint density at radius 2 is 1.95 bits per heavy atom. The van der Waals surface area contributed by atoms with E-state index in [1.807, 2.05) is 12.3 Å². The van der Waals surface area contributed by atoms with Gasteiger partial charge in [-0.1, -0.05) is 19.1 Å². The Balaban J connectivity index is 1.88. The predicted molar refractivity (Wildman–Crippen MR) is 81.5 cm³/mol. The van der Waals surface area contributed by atoms with Crippen LogP contribution < -0.4 is 5.32 Å². The number of hydrogen-bond acceptors (Lipinski definition) is 3. The molecule has 0 amide bonds. The Labute approximate surface area is 120 Å². The van der Waals surface area contributed by atoms with Gasteiger partial charge >= 0.3 is 0 Å². The molecule has 1 heterocycles. The number of benzene rings is 1. The minimum Gasteiger partial charge on any atom is -0.310 e. The van der Waals surface area contributed by atoms with Gasteiger partial charge in [0.2, 0.25) is 0 Å². The first-order chi connectivity index (χ1) is 9.86. The molecular formula is C17H21N3. The lowest BCUT2D eigenvalue weighted by Crippen LogP contribution is -2.14. The van der Waals surface area contributed by atoms with Crippen molar-refractivity contribution < 1.29 is 0 Å². The standard InChI is InChI=1S/C17H21N3/c1-2-18-12-17-19-10-9-16(20-17)15-8-7-13-5-3-4-6-14(13)11-15/h7-11,18H,2-6,12H2,1H3. The lowest BCUT2D eigenvalue weighted by atomic mass is 9.90. The molecule has 0 atom stereocenters. The number of aryl methyl sites for hydroxylation is 2. The fourth-order valence-electron chi connectivity index (χ4n) is 2.77. The third-order valence-corrected chi connectivity index (χ3v) is 3.88. The highest BCUT2D eigenvalue weighted by Gasteiger charge is 2.11. The molecule has 0 saturated carbocycles. The van der Waals surface area contributed by atoms with Gasteiger partial charge in [-0.05, 0) is 55.5 Å². The third kappa shape index (κ3) is 2.88. The summed E-state index contributed by atoms with van der Waals surface area (Å²) in [6.45, 7) is 3.76. The van der Waals surface area contributed by atoms with Crippen molar-refractivity contribution in [1.29, 1.82) is 0 Å². The van der Waals surface area contributed by atoms with Crippen LogP contribution in [0.15, 0.2) is 30.5 Å². The van der Waals surface area contributed by atoms with E-state index in [-0.39, 0.29) is 0 Å². The highest BCUT2D eigenvalue weighted by molar-refractivity contribution is 5.61. The van der Waals surface area contributed by atoms with Gasteiger partial charge in [0.15, 0.2) is 0 Å². The summed E-state index contributed by atoms with van der Waals surface area (Å²) in [5.74, 6) is 0.863. The van der Waals surface area contributed by atoms with Crippen molar-refractivity contribution in [2.75, 3.05) is 6.54 Å². The molecule has 1 aliphatic rings. The molecule has 0 saturated heterocycles. The molecule has 0 fully saturated rings. The molecule has 2 aromatic rings. The third-order valence-electron chi connectivity index (χ3n) is 3.88. The maximum absolute atomic E-state index is 4.66. The number of nitrogens with zero attached hydrogens (tertiary/aromatic N) is 2. The first-order valence-electron chi connectivity index (χ1n) is 7.51. The van der Waals surface area contributed by atoms with Crippen molar-refractivity contribution >= 4 is 0 Å². The Kier molecular flexibility index (Phi) is 4.07. The zero-order valence-electron chi connectivity index (χ0n) is 12.0. The van der Waals surface area contributed by atoms with E-state index >= 15 is 0 Å². The number of nitrogens with one attached hydrogen (secondary N) is 1. The van der Waals surface area contributed by atoms with Crippen molar-refractivity contribution in [2.24, 2.45) is 0 Å². The molecule has 1 aromatic heterocycles. The van der Waals surface area contributed by atoms with E-state index in [1.165, 1.54) is 42.4 Å². The van der Waals surface area contributed by atoms with E-state index in [4.69, 9.17) is 0 Å². The van der Waals surface area contributed by atoms with Crippen LogP contribution in [0.1, 0.15) is 36.7 Å². The van der Waals surface area contributed by atoms with Crippen LogP contribution in [-0.4, -0.2) is 16.5 Å². The van der Waals surface area contributed by atoms with Gasteiger partial charge in [0.05, 0.1) is 12.2 Å². The first kappa shape index (κ1) is 13.3. The molecule has 1 aromatic carbocycles. The summed E-state index contributed by atoms with van der Waals surface area (Å²) in [7, 11) is 0. The van der Waals surface area contributed by atoms with Crippen LogP contribution in [0.4, 0.5) is 0 Å². The second kappa shape index (κ2) is 6.14. The van der Waals surface area contributed by atoms with Gasteiger partial charge in [-0.15, -0.1) is 0 Å². The fourth-order valence-corrected chi connectivity index (χ4v) is 2.77. The lowest BCUT2D eigenvalue weighted by molar-refractivity contribution is 0.685. The predicted octanol–water partition coefficient (Wildman–Crippen LogP) is 3.13. The van der Waals surface area contributed by atoms with Crippen LogP contribution in [0.2, 0.25) is 0 Å². The van der Waals surface area contributed by atoms with Gasteiger partial charge in [0.25, 0.3) is 0 Å². The van der Waals surface area contributed by atoms with Gasteiger partial charge in [0, 0.05) is 11.8 Å². The van der Waals surface area contributed by atoms with Crippen LogP contribution in [0.5, 0.6) is 0 Å². The molecule has 3 heteroatoms. The monoisotopic (exact) mass is 267 g/mol. The molecule has 3 nitrogen and oxygen atoms in total. The topological polar surface area (TPSA) is 37.8 Å². The van der Waals surface area contributed by atoms with Crippen LogP contribution in [0, 0.1) is 0 Å². The maximum Gasteiger partial charge on any atom is 0.142 e. The average molecular weight is 267 g/mol. The summed E-state index contributed by atoms with van der Waals surface area (Å²) in [5.41, 5.74) is 5.26. The Bertz CT molecular complexity index is 593. The number of rotatable bonds is 4. The van der Waals surface area contributed by atoms with E-state index in [0.29, 0.717) is 0 Å². The molecule has 0 unspecified atom stereocenters. The minimum absolute atomic E-state index is 0.731. The lowest BCUT2D eigenvalue weighted by Gasteiger charge is -2.16. The van der Waals surface area contributed by atoms with Gasteiger partial charge in [-0.2, -0.15) is 0 Å². The Morgan fingerprint density at radius 1 is 1.10 bits per heavy atom. The smallest absolute Gasteiger partial charge is 0.142 e. The van der Waals surface area contributed by atoms with E-state index in [9.17, 15) is 0 Å². The molecule has 0 radical (unpaired) electrons. The first-order valence-corrected chi connectivity index (χ1v) is 7.51. The highest BCUT2D eigenvalue weighted by Crippen LogP contribution is 2.26. The second-order valence-corrected chi connectivity index (χ2v) is 5.33. The number of hydrogen-bond donors (Lipinski definition) is 1. The van der Waals surface area contributed by atoms with Crippen molar-refractivity contribution in [3.63, 3.8) is 0 Å². The summed E-state index contributed by atoms with van der Waals surface area (Å²) >= 11 is 0. The normalized spacial score (nSPS) is 14.1. The molecule has 1 aliphatic carbocycles. The molecule has 20 heavy (non-hydrogen) atoms. The summed E-state index contributed by atoms with van der Waals surface area (Å²) in [4.78, 5) is 8.97. The molecular weight excluding hydrogens is 246 g/mol. The molecule has 0 bridgehead atoms. The van der Waals surface area contributed by atoms with Crippen molar-refractivity contribution in [2.45, 2.75) is 39.2 Å². The molecule has 3 rings (SSSR count). The van der Waals surface area contributed by atoms with Crippen molar-refractivity contribution in [3.05, 3.63) is 47.4 Å². The Hall–Kier alpha value is -1.74. The van der Waals surface area contributed by atoms with Gasteiger partial charge in [-0.25, -0.2) is 9.97 Å². The van der Waals surface area contributed by atoms with Gasteiger partial charge in [0.1, 0.15) is 5.82 Å². The van der Waals surface area contributed by atoms with Crippen LogP contribution in [0.3, 0.4) is 0 Å². The van der Waals surface area contributed by atoms with Crippen LogP contribution >= 0.6 is 0 Å². The van der Waals surface area contributed by atoms with Crippen molar-refractivity contribution in [3.8, 4) is 11.3 Å². The van der Waals surface area contributed by atoms with Crippen LogP contribution in [0.25, 0.3) is 11.3 Å². The van der Waals surface area contributed by atoms with Crippen LogP contribution in [-0.2, 0) is 19.4 Å². The largest absolute Gasteiger partial charge is 0.310 e. The van der Waals surface area contributed by atoms with E-state index in [0.717, 1.165) is 24.6 Å². The zero-order chi connectivity index (χ0) is 13.8. The zero-order valence-corrected chi connectivity index (χ0v) is 12.0. The molecule has 1 N–H and O–H groups in total. The second-order valence-electron chi connectivity index (χ2n) is 5.33. The maximum atomic E-state index is 4.66. The van der Waals surface area contributed by atoms with Gasteiger partial charge < -0.3 is 5.32 Å². The van der Waals surface area contributed by atoms with E-state index in [2.05, 4.69) is 40.4 Å². The molecule has 0 spiro atoms. The average Bonchev–Trinajstić information content (AvgIpc) is 2.53. The summed E-state index contributed by atoms with van der Waals surface area (Å²) in [6, 6.07) is 8.78. The highest BCUT2D eigenvalue weighted by atomic mass is 15.0. The van der Waals surface area contributed by atoms with Gasteiger partial charge in [-0.3, -0.25) is 0 Å². The summed E-state index contributed by atoms with van der Waals surface area (Å²) in [5, 5.41) is 3.27. The summed E-state index contributed by atoms with van der Waals surface area (Å²) < 4.78 is 0. The Morgan fingerprint density at radius 3 is 2.80 bits per heavy atom. The quantitative estimate of drug-likeness (QED) is 0.925.